The van der Waals surface area contributed by atoms with E-state index in [4.69, 9.17) is 5.73 Å². The van der Waals surface area contributed by atoms with E-state index in [0.29, 0.717) is 11.3 Å². The summed E-state index contributed by atoms with van der Waals surface area (Å²) in [5.41, 5.74) is 8.31. The SMILES string of the molecule is COC(=O)c1cc2ncccc2c(C)c1N. The van der Waals surface area contributed by atoms with Crippen molar-refractivity contribution in [2.24, 2.45) is 0 Å². The highest BCUT2D eigenvalue weighted by molar-refractivity contribution is 6.02. The molecule has 0 saturated heterocycles. The fraction of sp³-hybridized carbons (Fsp3) is 0.167. The molecule has 1 aromatic heterocycles. The minimum absolute atomic E-state index is 0.367. The first-order chi connectivity index (χ1) is 7.65. The molecule has 1 heterocycles. The lowest BCUT2D eigenvalue weighted by Crippen LogP contribution is -2.07. The number of fused-ring (bicyclic) bond motifs is 1. The molecule has 0 aliphatic rings. The van der Waals surface area contributed by atoms with E-state index in [1.165, 1.54) is 7.11 Å². The van der Waals surface area contributed by atoms with Gasteiger partial charge in [-0.2, -0.15) is 0 Å². The number of aryl methyl sites for hydroxylation is 1. The van der Waals surface area contributed by atoms with Gasteiger partial charge in [0.25, 0.3) is 0 Å². The number of benzene rings is 1. The van der Waals surface area contributed by atoms with Crippen LogP contribution < -0.4 is 5.73 Å². The lowest BCUT2D eigenvalue weighted by molar-refractivity contribution is 0.0602. The van der Waals surface area contributed by atoms with Crippen molar-refractivity contribution in [1.29, 1.82) is 0 Å². The summed E-state index contributed by atoms with van der Waals surface area (Å²) in [6, 6.07) is 5.42. The van der Waals surface area contributed by atoms with Crippen LogP contribution in [0.5, 0.6) is 0 Å². The predicted octanol–water partition coefficient (Wildman–Crippen LogP) is 1.91. The van der Waals surface area contributed by atoms with Crippen LogP contribution in [-0.4, -0.2) is 18.1 Å². The summed E-state index contributed by atoms with van der Waals surface area (Å²) in [4.78, 5) is 15.7. The fourth-order valence-electron chi connectivity index (χ4n) is 1.69. The Balaban J connectivity index is 2.78. The molecule has 0 bridgehead atoms. The number of nitrogens with two attached hydrogens (primary N) is 1. The van der Waals surface area contributed by atoms with Crippen LogP contribution in [0.2, 0.25) is 0 Å². The van der Waals surface area contributed by atoms with Crippen molar-refractivity contribution < 1.29 is 9.53 Å². The maximum absolute atomic E-state index is 11.5. The second-order valence-corrected chi connectivity index (χ2v) is 3.52. The molecule has 1 aromatic carbocycles. The number of hydrogen-bond acceptors (Lipinski definition) is 4. The largest absolute Gasteiger partial charge is 0.465 e. The number of methoxy groups -OCH3 is 1. The average Bonchev–Trinajstić information content (AvgIpc) is 2.33. The molecule has 0 radical (unpaired) electrons. The zero-order valence-corrected chi connectivity index (χ0v) is 9.15. The molecule has 4 nitrogen and oxygen atoms in total. The highest BCUT2D eigenvalue weighted by atomic mass is 16.5. The van der Waals surface area contributed by atoms with Gasteiger partial charge in [-0.1, -0.05) is 6.07 Å². The number of carbonyl (C=O) groups excluding carboxylic acids is 1. The van der Waals surface area contributed by atoms with E-state index in [0.717, 1.165) is 16.5 Å². The van der Waals surface area contributed by atoms with Gasteiger partial charge in [-0.3, -0.25) is 4.98 Å². The number of ether oxygens (including phenoxy) is 1. The maximum atomic E-state index is 11.5. The predicted molar refractivity (Wildman–Crippen MR) is 62.2 cm³/mol. The van der Waals surface area contributed by atoms with Gasteiger partial charge in [0.2, 0.25) is 0 Å². The first-order valence-corrected chi connectivity index (χ1v) is 4.87. The van der Waals surface area contributed by atoms with E-state index < -0.39 is 5.97 Å². The van der Waals surface area contributed by atoms with Crippen LogP contribution in [0.25, 0.3) is 10.9 Å². The highest BCUT2D eigenvalue weighted by Gasteiger charge is 2.14. The Labute approximate surface area is 93.0 Å². The zero-order valence-electron chi connectivity index (χ0n) is 9.15. The molecule has 0 fully saturated rings. The van der Waals surface area contributed by atoms with Crippen LogP contribution in [0.1, 0.15) is 15.9 Å². The molecule has 0 aliphatic carbocycles. The third-order valence-corrected chi connectivity index (χ3v) is 2.62. The van der Waals surface area contributed by atoms with Gasteiger partial charge in [-0.15, -0.1) is 0 Å². The molecule has 0 amide bonds. The molecular weight excluding hydrogens is 204 g/mol. The second kappa shape index (κ2) is 3.81. The molecule has 16 heavy (non-hydrogen) atoms. The highest BCUT2D eigenvalue weighted by Crippen LogP contribution is 2.26. The first kappa shape index (κ1) is 10.4. The van der Waals surface area contributed by atoms with E-state index in [2.05, 4.69) is 9.72 Å². The minimum Gasteiger partial charge on any atom is -0.465 e. The number of nitrogens with zero attached hydrogens (tertiary/aromatic N) is 1. The van der Waals surface area contributed by atoms with E-state index in [9.17, 15) is 4.79 Å². The van der Waals surface area contributed by atoms with Gasteiger partial charge in [-0.05, 0) is 24.6 Å². The zero-order chi connectivity index (χ0) is 11.7. The quantitative estimate of drug-likeness (QED) is 0.584. The topological polar surface area (TPSA) is 65.2 Å². The lowest BCUT2D eigenvalue weighted by Gasteiger charge is -2.09. The van der Waals surface area contributed by atoms with Crippen molar-refractivity contribution in [3.05, 3.63) is 35.5 Å². The fourth-order valence-corrected chi connectivity index (χ4v) is 1.69. The Bertz CT molecular complexity index is 564. The molecule has 2 aromatic rings. The van der Waals surface area contributed by atoms with E-state index >= 15 is 0 Å². The number of rotatable bonds is 1. The Morgan fingerprint density at radius 2 is 2.25 bits per heavy atom. The van der Waals surface area contributed by atoms with Crippen LogP contribution in [-0.2, 0) is 4.74 Å². The first-order valence-electron chi connectivity index (χ1n) is 4.87. The van der Waals surface area contributed by atoms with Crippen LogP contribution in [0.3, 0.4) is 0 Å². The van der Waals surface area contributed by atoms with Crippen LogP contribution in [0.4, 0.5) is 5.69 Å². The van der Waals surface area contributed by atoms with Crippen LogP contribution in [0.15, 0.2) is 24.4 Å². The third-order valence-electron chi connectivity index (χ3n) is 2.62. The Morgan fingerprint density at radius 1 is 1.50 bits per heavy atom. The van der Waals surface area contributed by atoms with Crippen molar-refractivity contribution in [2.45, 2.75) is 6.92 Å². The number of esters is 1. The summed E-state index contributed by atoms with van der Waals surface area (Å²) in [5, 5.41) is 0.952. The molecule has 2 N–H and O–H groups in total. The number of aromatic nitrogens is 1. The molecule has 0 saturated carbocycles. The minimum atomic E-state index is -0.437. The van der Waals surface area contributed by atoms with Gasteiger partial charge < -0.3 is 10.5 Å². The maximum Gasteiger partial charge on any atom is 0.340 e. The van der Waals surface area contributed by atoms with Gasteiger partial charge in [0.05, 0.1) is 18.2 Å². The monoisotopic (exact) mass is 216 g/mol. The second-order valence-electron chi connectivity index (χ2n) is 3.52. The summed E-state index contributed by atoms with van der Waals surface area (Å²) >= 11 is 0. The summed E-state index contributed by atoms with van der Waals surface area (Å²) in [7, 11) is 1.33. The Hall–Kier alpha value is -2.10. The van der Waals surface area contributed by atoms with E-state index in [-0.39, 0.29) is 0 Å². The van der Waals surface area contributed by atoms with Gasteiger partial charge in [0.15, 0.2) is 0 Å². The lowest BCUT2D eigenvalue weighted by atomic mass is 10.0. The molecule has 4 heteroatoms. The Kier molecular flexibility index (Phi) is 2.48. The van der Waals surface area contributed by atoms with Gasteiger partial charge in [0, 0.05) is 17.3 Å². The number of carbonyl (C=O) groups is 1. The van der Waals surface area contributed by atoms with E-state index in [1.807, 2.05) is 19.1 Å². The van der Waals surface area contributed by atoms with Crippen molar-refractivity contribution in [2.75, 3.05) is 12.8 Å². The standard InChI is InChI=1S/C12H12N2O2/c1-7-8-4-3-5-14-10(8)6-9(11(7)13)12(15)16-2/h3-6H,13H2,1-2H3. The summed E-state index contributed by atoms with van der Waals surface area (Å²) < 4.78 is 4.67. The molecule has 2 rings (SSSR count). The van der Waals surface area contributed by atoms with E-state index in [1.54, 1.807) is 12.3 Å². The average molecular weight is 216 g/mol. The van der Waals surface area contributed by atoms with Gasteiger partial charge in [0.1, 0.15) is 0 Å². The number of pyridine rings is 1. The van der Waals surface area contributed by atoms with Gasteiger partial charge in [-0.25, -0.2) is 4.79 Å². The van der Waals surface area contributed by atoms with Crippen LogP contribution in [0, 0.1) is 6.92 Å². The summed E-state index contributed by atoms with van der Waals surface area (Å²) in [5.74, 6) is -0.437. The Morgan fingerprint density at radius 3 is 2.94 bits per heavy atom. The number of hydrogen-bond donors (Lipinski definition) is 1. The number of nitrogen functional groups attached to an aromatic ring is 1. The molecule has 0 unspecified atom stereocenters. The summed E-state index contributed by atoms with van der Waals surface area (Å²) in [6.45, 7) is 1.87. The van der Waals surface area contributed by atoms with Gasteiger partial charge >= 0.3 is 5.97 Å². The van der Waals surface area contributed by atoms with Crippen LogP contribution >= 0.6 is 0 Å². The molecule has 0 atom stereocenters. The van der Waals surface area contributed by atoms with Crippen molar-refractivity contribution in [3.8, 4) is 0 Å². The third kappa shape index (κ3) is 1.48. The molecule has 82 valence electrons. The molecule has 0 spiro atoms. The summed E-state index contributed by atoms with van der Waals surface area (Å²) in [6.07, 6.45) is 1.68. The van der Waals surface area contributed by atoms with Crippen molar-refractivity contribution in [1.82, 2.24) is 4.98 Å². The molecule has 0 aliphatic heterocycles. The van der Waals surface area contributed by atoms with Crippen molar-refractivity contribution >= 4 is 22.6 Å². The van der Waals surface area contributed by atoms with Crippen molar-refractivity contribution in [3.63, 3.8) is 0 Å². The molecular formula is C12H12N2O2. The number of anilines is 1. The normalized spacial score (nSPS) is 10.4. The smallest absolute Gasteiger partial charge is 0.340 e.